The van der Waals surface area contributed by atoms with Crippen molar-refractivity contribution in [1.82, 2.24) is 5.32 Å². The van der Waals surface area contributed by atoms with Gasteiger partial charge in [0.2, 0.25) is 0 Å². The topological polar surface area (TPSA) is 90.9 Å². The van der Waals surface area contributed by atoms with Crippen molar-refractivity contribution in [2.24, 2.45) is 17.3 Å². The summed E-state index contributed by atoms with van der Waals surface area (Å²) in [6.45, 7) is 3.26. The molecule has 1 aliphatic heterocycles. The van der Waals surface area contributed by atoms with E-state index in [1.807, 2.05) is 6.92 Å². The second-order valence-corrected chi connectivity index (χ2v) is 12.6. The highest BCUT2D eigenvalue weighted by Crippen LogP contribution is 2.61. The summed E-state index contributed by atoms with van der Waals surface area (Å²) in [6.07, 6.45) is -5.23. The number of carbonyl (C=O) groups excluding carboxylic acids is 1. The predicted molar refractivity (Wildman–Crippen MR) is 108 cm³/mol. The fourth-order valence-corrected chi connectivity index (χ4v) is 7.72. The molecule has 0 radical (unpaired) electrons. The van der Waals surface area contributed by atoms with Gasteiger partial charge < -0.3 is 14.8 Å². The van der Waals surface area contributed by atoms with Gasteiger partial charge in [-0.15, -0.1) is 0 Å². The zero-order chi connectivity index (χ0) is 25.2. The molecule has 5 rings (SSSR count). The third kappa shape index (κ3) is 4.94. The lowest BCUT2D eigenvalue weighted by molar-refractivity contribution is -0.288. The van der Waals surface area contributed by atoms with Crippen LogP contribution in [0.4, 0.5) is 22.0 Å². The summed E-state index contributed by atoms with van der Waals surface area (Å²) in [5, 5.41) is -2.99. The van der Waals surface area contributed by atoms with Crippen molar-refractivity contribution in [2.45, 2.75) is 94.1 Å². The first-order valence-electron chi connectivity index (χ1n) is 11.4. The molecular weight excluding hydrogens is 489 g/mol. The number of carbonyl (C=O) groups is 1. The Morgan fingerprint density at radius 1 is 1.06 bits per heavy atom. The Labute approximate surface area is 195 Å². The summed E-state index contributed by atoms with van der Waals surface area (Å²) < 4.78 is 109. The van der Waals surface area contributed by atoms with E-state index in [9.17, 15) is 35.2 Å². The summed E-state index contributed by atoms with van der Waals surface area (Å²) in [5.41, 5.74) is -1.13. The van der Waals surface area contributed by atoms with Gasteiger partial charge in [-0.1, -0.05) is 6.92 Å². The highest BCUT2D eigenvalue weighted by atomic mass is 32.2. The molecule has 1 heterocycles. The van der Waals surface area contributed by atoms with Gasteiger partial charge in [-0.2, -0.15) is 30.4 Å². The number of ether oxygens (including phenoxy) is 2. The van der Waals surface area contributed by atoms with E-state index < -0.39 is 51.3 Å². The fourth-order valence-electron chi connectivity index (χ4n) is 6.84. The van der Waals surface area contributed by atoms with Gasteiger partial charge in [0.05, 0.1) is 13.2 Å². The zero-order valence-electron chi connectivity index (χ0n) is 19.1. The van der Waals surface area contributed by atoms with Gasteiger partial charge in [-0.25, -0.2) is 0 Å². The number of hydrogen-bond donors (Lipinski definition) is 1. The molecule has 13 heteroatoms. The first kappa shape index (κ1) is 26.0. The largest absolute Gasteiger partial charge is 0.446 e. The van der Waals surface area contributed by atoms with E-state index in [1.54, 1.807) is 0 Å². The van der Waals surface area contributed by atoms with E-state index in [4.69, 9.17) is 9.47 Å². The Balaban J connectivity index is 1.50. The van der Waals surface area contributed by atoms with E-state index in [-0.39, 0.29) is 30.5 Å². The molecule has 1 saturated heterocycles. The van der Waals surface area contributed by atoms with Crippen LogP contribution in [0.2, 0.25) is 0 Å². The Hall–Kier alpha value is -1.05. The third-order valence-electron chi connectivity index (χ3n) is 7.58. The SMILES string of the molecule is CC12CC3CC(C1)CC(NC(=O)C(F)(F)S(=O)(=O)OC(CC1(C)OCCCO1)C(F)(F)F)(C3)C2. The molecule has 196 valence electrons. The number of halogens is 5. The van der Waals surface area contributed by atoms with Gasteiger partial charge in [-0.3, -0.25) is 8.98 Å². The number of hydrogen-bond acceptors (Lipinski definition) is 6. The predicted octanol–water partition coefficient (Wildman–Crippen LogP) is 3.87. The number of alkyl halides is 5. The van der Waals surface area contributed by atoms with Crippen LogP contribution in [0.25, 0.3) is 0 Å². The lowest BCUT2D eigenvalue weighted by Crippen LogP contribution is -2.65. The molecule has 1 amide bonds. The zero-order valence-corrected chi connectivity index (χ0v) is 19.9. The summed E-state index contributed by atoms with van der Waals surface area (Å²) in [6, 6.07) is 0. The Kier molecular flexibility index (Phi) is 6.31. The fraction of sp³-hybridized carbons (Fsp3) is 0.952. The minimum atomic E-state index is -6.29. The smallest absolute Gasteiger partial charge is 0.350 e. The summed E-state index contributed by atoms with van der Waals surface area (Å²) in [4.78, 5) is 12.5. The van der Waals surface area contributed by atoms with Gasteiger partial charge in [-0.05, 0) is 69.1 Å². The summed E-state index contributed by atoms with van der Waals surface area (Å²) in [7, 11) is -6.29. The minimum absolute atomic E-state index is 0.0510. The van der Waals surface area contributed by atoms with Crippen LogP contribution in [0.3, 0.4) is 0 Å². The molecule has 1 N–H and O–H groups in total. The van der Waals surface area contributed by atoms with Crippen molar-refractivity contribution in [3.8, 4) is 0 Å². The van der Waals surface area contributed by atoms with Crippen molar-refractivity contribution in [3.63, 3.8) is 0 Å². The molecule has 0 aromatic heterocycles. The molecular formula is C21H30F5NO6S. The second kappa shape index (κ2) is 8.24. The average Bonchev–Trinajstić information content (AvgIpc) is 2.64. The van der Waals surface area contributed by atoms with Crippen LogP contribution in [0.5, 0.6) is 0 Å². The Bertz CT molecular complexity index is 903. The van der Waals surface area contributed by atoms with Crippen LogP contribution in [0.1, 0.15) is 65.2 Å². The van der Waals surface area contributed by atoms with E-state index in [2.05, 4.69) is 9.50 Å². The van der Waals surface area contributed by atoms with E-state index in [1.165, 1.54) is 0 Å². The van der Waals surface area contributed by atoms with E-state index in [0.29, 0.717) is 25.7 Å². The summed E-state index contributed by atoms with van der Waals surface area (Å²) >= 11 is 0. The van der Waals surface area contributed by atoms with Crippen LogP contribution in [-0.4, -0.2) is 56.4 Å². The van der Waals surface area contributed by atoms with Crippen LogP contribution in [0.15, 0.2) is 0 Å². The van der Waals surface area contributed by atoms with Gasteiger partial charge >= 0.3 is 27.5 Å². The van der Waals surface area contributed by atoms with Crippen molar-refractivity contribution in [3.05, 3.63) is 0 Å². The van der Waals surface area contributed by atoms with Gasteiger partial charge in [0, 0.05) is 12.0 Å². The first-order valence-corrected chi connectivity index (χ1v) is 12.9. The molecule has 0 aromatic carbocycles. The van der Waals surface area contributed by atoms with Crippen molar-refractivity contribution >= 4 is 16.0 Å². The molecule has 4 aliphatic carbocycles. The minimum Gasteiger partial charge on any atom is -0.350 e. The van der Waals surface area contributed by atoms with E-state index in [0.717, 1.165) is 26.2 Å². The van der Waals surface area contributed by atoms with Crippen LogP contribution in [-0.2, 0) is 28.6 Å². The number of rotatable bonds is 7. The molecule has 0 aromatic rings. The van der Waals surface area contributed by atoms with Crippen molar-refractivity contribution < 1.29 is 48.8 Å². The van der Waals surface area contributed by atoms with Gasteiger partial charge in [0.1, 0.15) is 0 Å². The molecule has 0 spiro atoms. The second-order valence-electron chi connectivity index (χ2n) is 11.0. The van der Waals surface area contributed by atoms with Crippen LogP contribution < -0.4 is 5.32 Å². The van der Waals surface area contributed by atoms with Crippen molar-refractivity contribution in [1.29, 1.82) is 0 Å². The Morgan fingerprint density at radius 2 is 1.62 bits per heavy atom. The molecule has 4 saturated carbocycles. The monoisotopic (exact) mass is 519 g/mol. The lowest BCUT2D eigenvalue weighted by atomic mass is 9.47. The van der Waals surface area contributed by atoms with Gasteiger partial charge in [0.25, 0.3) is 0 Å². The van der Waals surface area contributed by atoms with Crippen LogP contribution >= 0.6 is 0 Å². The third-order valence-corrected chi connectivity index (χ3v) is 8.88. The molecule has 4 bridgehead atoms. The highest BCUT2D eigenvalue weighted by molar-refractivity contribution is 7.88. The molecule has 5 aliphatic rings. The number of amides is 1. The maximum Gasteiger partial charge on any atom is 0.446 e. The molecule has 34 heavy (non-hydrogen) atoms. The molecule has 3 unspecified atom stereocenters. The van der Waals surface area contributed by atoms with Crippen molar-refractivity contribution in [2.75, 3.05) is 13.2 Å². The van der Waals surface area contributed by atoms with E-state index >= 15 is 0 Å². The first-order chi connectivity index (χ1) is 15.5. The standard InChI is InChI=1S/C21H30F5NO6S/c1-17-7-13-6-14(8-17)10-19(9-13,12-17)27-16(28)21(25,26)34(29,30)33-15(20(22,23)24)11-18(2)31-4-3-5-32-18/h13-15H,3-12H2,1-2H3,(H,27,28). The normalized spacial score (nSPS) is 36.3. The maximum absolute atomic E-state index is 14.8. The molecule has 5 fully saturated rings. The number of nitrogens with one attached hydrogen (secondary N) is 1. The van der Waals surface area contributed by atoms with Crippen LogP contribution in [0, 0.1) is 17.3 Å². The Morgan fingerprint density at radius 3 is 2.12 bits per heavy atom. The lowest BCUT2D eigenvalue weighted by Gasteiger charge is -2.61. The maximum atomic E-state index is 14.8. The molecule has 7 nitrogen and oxygen atoms in total. The highest BCUT2D eigenvalue weighted by Gasteiger charge is 2.62. The van der Waals surface area contributed by atoms with Gasteiger partial charge in [0.15, 0.2) is 11.9 Å². The quantitative estimate of drug-likeness (QED) is 0.406. The molecule has 3 atom stereocenters. The average molecular weight is 520 g/mol. The summed E-state index contributed by atoms with van der Waals surface area (Å²) in [5.74, 6) is -3.56.